The number of azide groups is 1. The van der Waals surface area contributed by atoms with Gasteiger partial charge in [0.05, 0.1) is 18.2 Å². The van der Waals surface area contributed by atoms with Crippen molar-refractivity contribution in [3.8, 4) is 0 Å². The van der Waals surface area contributed by atoms with E-state index in [9.17, 15) is 23.8 Å². The summed E-state index contributed by atoms with van der Waals surface area (Å²) in [7, 11) is 0. The number of carbonyl (C=O) groups is 1. The van der Waals surface area contributed by atoms with Crippen LogP contribution in [-0.2, 0) is 0 Å². The van der Waals surface area contributed by atoms with E-state index in [1.54, 1.807) is 0 Å². The highest BCUT2D eigenvalue weighted by Gasteiger charge is 2.24. The average Bonchev–Trinajstić information content (AvgIpc) is 2.36. The van der Waals surface area contributed by atoms with Crippen LogP contribution in [0.2, 0.25) is 0 Å². The predicted octanol–water partition coefficient (Wildman–Crippen LogP) is 1.37. The molecule has 0 bridgehead atoms. The first kappa shape index (κ1) is 14.8. The second kappa shape index (κ2) is 6.10. The first-order valence-corrected chi connectivity index (χ1v) is 4.97. The van der Waals surface area contributed by atoms with Gasteiger partial charge in [-0.05, 0) is 17.7 Å². The lowest BCUT2D eigenvalue weighted by Gasteiger charge is -2.17. The van der Waals surface area contributed by atoms with E-state index in [4.69, 9.17) is 10.6 Å². The Hall–Kier alpha value is -2.22. The zero-order valence-electron chi connectivity index (χ0n) is 9.36. The van der Waals surface area contributed by atoms with Crippen molar-refractivity contribution in [2.45, 2.75) is 12.2 Å². The monoisotopic (exact) mass is 273 g/mol. The molecule has 7 nitrogen and oxygen atoms in total. The Balaban J connectivity index is 3.10. The van der Waals surface area contributed by atoms with Crippen molar-refractivity contribution in [2.75, 3.05) is 6.54 Å². The lowest BCUT2D eigenvalue weighted by molar-refractivity contribution is 0.0220. The molecule has 19 heavy (non-hydrogen) atoms. The minimum Gasteiger partial charge on any atom is -0.478 e. The van der Waals surface area contributed by atoms with Crippen molar-refractivity contribution in [3.05, 3.63) is 45.3 Å². The lowest BCUT2D eigenvalue weighted by Crippen LogP contribution is -2.22. The number of nitrogens with zero attached hydrogens (tertiary/aromatic N) is 3. The van der Waals surface area contributed by atoms with Crippen LogP contribution in [0.4, 0.5) is 8.78 Å². The molecule has 0 fully saturated rings. The lowest BCUT2D eigenvalue weighted by atomic mass is 10.0. The second-order valence-electron chi connectivity index (χ2n) is 3.58. The molecule has 2 unspecified atom stereocenters. The van der Waals surface area contributed by atoms with Crippen LogP contribution in [0.3, 0.4) is 0 Å². The molecule has 1 aromatic carbocycles. The Morgan fingerprint density at radius 2 is 2.00 bits per heavy atom. The minimum absolute atomic E-state index is 0.399. The van der Waals surface area contributed by atoms with Crippen molar-refractivity contribution in [3.63, 3.8) is 0 Å². The molecule has 0 amide bonds. The highest BCUT2D eigenvalue weighted by atomic mass is 19.1. The van der Waals surface area contributed by atoms with Gasteiger partial charge in [-0.15, -0.1) is 0 Å². The van der Waals surface area contributed by atoms with Crippen molar-refractivity contribution >= 4 is 5.97 Å². The Kier molecular flexibility index (Phi) is 4.76. The average molecular weight is 273 g/mol. The third-order valence-electron chi connectivity index (χ3n) is 2.33. The number of aliphatic hydroxyl groups excluding tert-OH is 2. The quantitative estimate of drug-likeness (QED) is 0.425. The first-order valence-electron chi connectivity index (χ1n) is 4.97. The second-order valence-corrected chi connectivity index (χ2v) is 3.58. The van der Waals surface area contributed by atoms with Gasteiger partial charge in [-0.25, -0.2) is 13.6 Å². The number of hydrogen-bond acceptors (Lipinski definition) is 4. The van der Waals surface area contributed by atoms with Gasteiger partial charge in [0, 0.05) is 10.5 Å². The molecular weight excluding hydrogens is 264 g/mol. The molecule has 2 atom stereocenters. The number of carboxylic acids is 1. The molecule has 0 aliphatic heterocycles. The van der Waals surface area contributed by atoms with E-state index in [1.165, 1.54) is 0 Å². The smallest absolute Gasteiger partial charge is 0.338 e. The number of aliphatic hydroxyl groups is 2. The molecule has 0 saturated heterocycles. The van der Waals surface area contributed by atoms with Gasteiger partial charge in [-0.2, -0.15) is 0 Å². The Labute approximate surface area is 105 Å². The van der Waals surface area contributed by atoms with E-state index < -0.39 is 47.5 Å². The van der Waals surface area contributed by atoms with Crippen molar-refractivity contribution in [2.24, 2.45) is 5.11 Å². The molecule has 0 aliphatic rings. The van der Waals surface area contributed by atoms with Gasteiger partial charge in [-0.3, -0.25) is 0 Å². The number of benzene rings is 1. The minimum atomic E-state index is -1.84. The summed E-state index contributed by atoms with van der Waals surface area (Å²) in [5.41, 5.74) is 6.52. The van der Waals surface area contributed by atoms with Crippen LogP contribution >= 0.6 is 0 Å². The summed E-state index contributed by atoms with van der Waals surface area (Å²) in [5.74, 6) is -4.10. The third-order valence-corrected chi connectivity index (χ3v) is 2.33. The molecule has 1 rings (SSSR count). The highest BCUT2D eigenvalue weighted by molar-refractivity contribution is 5.88. The highest BCUT2D eigenvalue weighted by Crippen LogP contribution is 2.24. The fourth-order valence-electron chi connectivity index (χ4n) is 1.38. The van der Waals surface area contributed by atoms with Crippen molar-refractivity contribution in [1.82, 2.24) is 0 Å². The number of aromatic carboxylic acids is 1. The summed E-state index contributed by atoms with van der Waals surface area (Å²) in [6.07, 6.45) is -3.48. The summed E-state index contributed by atoms with van der Waals surface area (Å²) in [6, 6.07) is 0.874. The molecule has 102 valence electrons. The summed E-state index contributed by atoms with van der Waals surface area (Å²) in [6.45, 7) is -0.542. The Morgan fingerprint density at radius 3 is 2.53 bits per heavy atom. The summed E-state index contributed by atoms with van der Waals surface area (Å²) in [4.78, 5) is 12.9. The fourth-order valence-corrected chi connectivity index (χ4v) is 1.38. The topological polar surface area (TPSA) is 127 Å². The van der Waals surface area contributed by atoms with E-state index in [0.29, 0.717) is 12.1 Å². The largest absolute Gasteiger partial charge is 0.478 e. The maximum atomic E-state index is 13.5. The van der Waals surface area contributed by atoms with Gasteiger partial charge < -0.3 is 15.3 Å². The molecular formula is C10H9F2N3O4. The molecule has 0 saturated carbocycles. The van der Waals surface area contributed by atoms with Crippen LogP contribution in [0.15, 0.2) is 17.2 Å². The number of carboxylic acid groups (broad SMARTS) is 1. The Bertz CT molecular complexity index is 546. The van der Waals surface area contributed by atoms with Crippen LogP contribution in [0, 0.1) is 11.6 Å². The zero-order valence-corrected chi connectivity index (χ0v) is 9.36. The molecule has 0 spiro atoms. The van der Waals surface area contributed by atoms with Gasteiger partial charge in [0.25, 0.3) is 0 Å². The van der Waals surface area contributed by atoms with Crippen LogP contribution in [0.25, 0.3) is 10.4 Å². The molecule has 0 aromatic heterocycles. The molecule has 0 heterocycles. The van der Waals surface area contributed by atoms with E-state index in [0.717, 1.165) is 0 Å². The summed E-state index contributed by atoms with van der Waals surface area (Å²) in [5, 5.41) is 30.5. The van der Waals surface area contributed by atoms with Gasteiger partial charge in [0.15, 0.2) is 0 Å². The summed E-state index contributed by atoms with van der Waals surface area (Å²) >= 11 is 0. The molecule has 0 radical (unpaired) electrons. The SMILES string of the molecule is [N-]=[N+]=NCC(O)C(O)c1cc(F)c(C(=O)O)cc1F. The standard InChI is InChI=1S/C10H9F2N3O4/c11-6-2-5(10(18)19)7(12)1-4(6)9(17)8(16)3-14-15-13/h1-2,8-9,16-17H,3H2,(H,18,19). The van der Waals surface area contributed by atoms with Gasteiger partial charge in [-0.1, -0.05) is 5.11 Å². The molecule has 0 aliphatic carbocycles. The predicted molar refractivity (Wildman–Crippen MR) is 58.3 cm³/mol. The zero-order chi connectivity index (χ0) is 14.6. The molecule has 9 heteroatoms. The number of halogens is 2. The van der Waals surface area contributed by atoms with Gasteiger partial charge in [0.2, 0.25) is 0 Å². The first-order chi connectivity index (χ1) is 8.88. The normalized spacial score (nSPS) is 13.5. The van der Waals surface area contributed by atoms with Gasteiger partial charge >= 0.3 is 5.97 Å². The van der Waals surface area contributed by atoms with Gasteiger partial charge in [0.1, 0.15) is 17.7 Å². The number of hydrogen-bond donors (Lipinski definition) is 3. The van der Waals surface area contributed by atoms with Crippen molar-refractivity contribution in [1.29, 1.82) is 0 Å². The van der Waals surface area contributed by atoms with E-state index in [-0.39, 0.29) is 0 Å². The van der Waals surface area contributed by atoms with Crippen LogP contribution < -0.4 is 0 Å². The van der Waals surface area contributed by atoms with Crippen LogP contribution in [0.1, 0.15) is 22.0 Å². The van der Waals surface area contributed by atoms with Crippen LogP contribution in [0.5, 0.6) is 0 Å². The molecule has 3 N–H and O–H groups in total. The van der Waals surface area contributed by atoms with E-state index >= 15 is 0 Å². The fraction of sp³-hybridized carbons (Fsp3) is 0.300. The third kappa shape index (κ3) is 3.38. The van der Waals surface area contributed by atoms with E-state index in [2.05, 4.69) is 10.0 Å². The summed E-state index contributed by atoms with van der Waals surface area (Å²) < 4.78 is 26.9. The van der Waals surface area contributed by atoms with E-state index in [1.807, 2.05) is 0 Å². The maximum absolute atomic E-state index is 13.5. The maximum Gasteiger partial charge on any atom is 0.338 e. The van der Waals surface area contributed by atoms with Crippen LogP contribution in [-0.4, -0.2) is 33.9 Å². The Morgan fingerprint density at radius 1 is 1.37 bits per heavy atom. The molecule has 1 aromatic rings. The number of rotatable bonds is 5. The van der Waals surface area contributed by atoms with Crippen molar-refractivity contribution < 1.29 is 28.9 Å².